The lowest BCUT2D eigenvalue weighted by atomic mass is 9.95. The molecule has 0 saturated carbocycles. The number of nitrogens with one attached hydrogen (secondary N) is 1. The minimum Gasteiger partial charge on any atom is -0.378 e. The van der Waals surface area contributed by atoms with Crippen molar-refractivity contribution in [2.45, 2.75) is 26.8 Å². The van der Waals surface area contributed by atoms with Gasteiger partial charge in [-0.05, 0) is 17.5 Å². The molecule has 1 aromatic carbocycles. The van der Waals surface area contributed by atoms with Crippen LogP contribution in [-0.4, -0.2) is 41.2 Å². The van der Waals surface area contributed by atoms with Gasteiger partial charge >= 0.3 is 0 Å². The van der Waals surface area contributed by atoms with Gasteiger partial charge in [-0.1, -0.05) is 20.8 Å². The lowest BCUT2D eigenvalue weighted by molar-refractivity contribution is -0.0246. The summed E-state index contributed by atoms with van der Waals surface area (Å²) in [6.07, 6.45) is 1.59. The molecule has 0 aliphatic carbocycles. The first-order valence-electron chi connectivity index (χ1n) is 8.15. The first-order chi connectivity index (χ1) is 11.3. The molecule has 0 radical (unpaired) electrons. The Labute approximate surface area is 140 Å². The first-order valence-corrected chi connectivity index (χ1v) is 8.15. The van der Waals surface area contributed by atoms with Crippen molar-refractivity contribution >= 4 is 0 Å². The van der Waals surface area contributed by atoms with Crippen LogP contribution in [0, 0.1) is 17.0 Å². The van der Waals surface area contributed by atoms with Gasteiger partial charge in [0.15, 0.2) is 0 Å². The van der Waals surface area contributed by atoms with Gasteiger partial charge in [0.2, 0.25) is 0 Å². The quantitative estimate of drug-likeness (QED) is 0.928. The summed E-state index contributed by atoms with van der Waals surface area (Å²) in [7, 11) is 0. The Morgan fingerprint density at radius 2 is 2.12 bits per heavy atom. The number of benzene rings is 1. The number of nitrogens with zero attached hydrogens (tertiary/aromatic N) is 2. The Hall–Kier alpha value is -1.79. The molecule has 1 N–H and O–H groups in total. The molecule has 1 saturated heterocycles. The van der Waals surface area contributed by atoms with Crippen LogP contribution >= 0.6 is 0 Å². The van der Waals surface area contributed by atoms with Crippen molar-refractivity contribution in [3.63, 3.8) is 0 Å². The number of imidazole rings is 1. The molecular formula is C18H23F2N3O. The maximum atomic E-state index is 14.0. The minimum atomic E-state index is -0.600. The van der Waals surface area contributed by atoms with Crippen molar-refractivity contribution in [3.8, 4) is 11.3 Å². The van der Waals surface area contributed by atoms with Crippen LogP contribution in [0.25, 0.3) is 11.3 Å². The van der Waals surface area contributed by atoms with E-state index in [1.807, 2.05) is 0 Å². The number of aromatic nitrogens is 2. The minimum absolute atomic E-state index is 0.00948. The molecule has 3 rings (SSSR count). The molecule has 1 aliphatic rings. The van der Waals surface area contributed by atoms with Crippen LogP contribution < -0.4 is 0 Å². The largest absolute Gasteiger partial charge is 0.378 e. The summed E-state index contributed by atoms with van der Waals surface area (Å²) in [5, 5.41) is 0. The van der Waals surface area contributed by atoms with Crippen LogP contribution in [0.4, 0.5) is 8.78 Å². The summed E-state index contributed by atoms with van der Waals surface area (Å²) in [6.45, 7) is 9.59. The van der Waals surface area contributed by atoms with Crippen LogP contribution in [-0.2, 0) is 4.74 Å². The van der Waals surface area contributed by atoms with Crippen molar-refractivity contribution in [1.29, 1.82) is 0 Å². The van der Waals surface area contributed by atoms with E-state index in [9.17, 15) is 8.78 Å². The number of H-pyrrole nitrogens is 1. The molecule has 4 nitrogen and oxygen atoms in total. The van der Waals surface area contributed by atoms with E-state index in [0.717, 1.165) is 25.0 Å². The van der Waals surface area contributed by atoms with Crippen LogP contribution in [0.5, 0.6) is 0 Å². The molecule has 2 heterocycles. The first kappa shape index (κ1) is 17.0. The Morgan fingerprint density at radius 3 is 2.83 bits per heavy atom. The monoisotopic (exact) mass is 335 g/mol. The lowest BCUT2D eigenvalue weighted by Gasteiger charge is -2.38. The standard InChI is InChI=1S/C18H23F2N3O/c1-18(2,3)11-23-6-7-24-10-16(23)17-21-9-15(22-17)13-5-4-12(19)8-14(13)20/h4-5,8-9,16H,6-7,10-11H2,1-3H3,(H,21,22). The zero-order valence-corrected chi connectivity index (χ0v) is 14.3. The van der Waals surface area contributed by atoms with Gasteiger partial charge < -0.3 is 9.72 Å². The van der Waals surface area contributed by atoms with Crippen LogP contribution in [0.2, 0.25) is 0 Å². The Balaban J connectivity index is 1.85. The van der Waals surface area contributed by atoms with Gasteiger partial charge in [0.1, 0.15) is 17.5 Å². The Bertz CT molecular complexity index is 709. The molecule has 1 atom stereocenters. The molecule has 24 heavy (non-hydrogen) atoms. The fraction of sp³-hybridized carbons (Fsp3) is 0.500. The molecule has 1 fully saturated rings. The third-order valence-electron chi connectivity index (χ3n) is 4.05. The predicted molar refractivity (Wildman–Crippen MR) is 88.5 cm³/mol. The molecule has 1 aliphatic heterocycles. The van der Waals surface area contributed by atoms with Crippen molar-refractivity contribution in [2.24, 2.45) is 5.41 Å². The zero-order valence-electron chi connectivity index (χ0n) is 14.3. The highest BCUT2D eigenvalue weighted by atomic mass is 19.1. The summed E-state index contributed by atoms with van der Waals surface area (Å²) in [5.41, 5.74) is 1.02. The van der Waals surface area contributed by atoms with E-state index >= 15 is 0 Å². The summed E-state index contributed by atoms with van der Waals surface area (Å²) >= 11 is 0. The van der Waals surface area contributed by atoms with Crippen molar-refractivity contribution < 1.29 is 13.5 Å². The number of hydrogen-bond donors (Lipinski definition) is 1. The average molecular weight is 335 g/mol. The molecule has 1 unspecified atom stereocenters. The summed E-state index contributed by atoms with van der Waals surface area (Å²) in [5.74, 6) is -0.442. The lowest BCUT2D eigenvalue weighted by Crippen LogP contribution is -2.44. The third-order valence-corrected chi connectivity index (χ3v) is 4.05. The molecule has 1 aromatic heterocycles. The van der Waals surface area contributed by atoms with Crippen LogP contribution in [0.15, 0.2) is 24.4 Å². The SMILES string of the molecule is CC(C)(C)CN1CCOCC1c1ncc(-c2ccc(F)cc2F)[nH]1. The molecule has 0 spiro atoms. The maximum absolute atomic E-state index is 14.0. The number of halogens is 2. The Kier molecular flexibility index (Phi) is 4.69. The van der Waals surface area contributed by atoms with Gasteiger partial charge in [-0.3, -0.25) is 4.90 Å². The predicted octanol–water partition coefficient (Wildman–Crippen LogP) is 3.77. The molecule has 0 amide bonds. The van der Waals surface area contributed by atoms with E-state index in [0.29, 0.717) is 24.5 Å². The fourth-order valence-electron chi connectivity index (χ4n) is 3.04. The molecule has 0 bridgehead atoms. The second-order valence-corrected chi connectivity index (χ2v) is 7.43. The number of rotatable bonds is 3. The normalized spacial score (nSPS) is 19.6. The highest BCUT2D eigenvalue weighted by molar-refractivity contribution is 5.59. The molecule has 2 aromatic rings. The zero-order chi connectivity index (χ0) is 17.3. The summed E-state index contributed by atoms with van der Waals surface area (Å²) < 4.78 is 32.7. The third kappa shape index (κ3) is 3.82. The van der Waals surface area contributed by atoms with Gasteiger partial charge in [-0.25, -0.2) is 13.8 Å². The Morgan fingerprint density at radius 1 is 1.33 bits per heavy atom. The van der Waals surface area contributed by atoms with Crippen molar-refractivity contribution in [3.05, 3.63) is 41.9 Å². The van der Waals surface area contributed by atoms with Gasteiger partial charge in [0.25, 0.3) is 0 Å². The molecule has 130 valence electrons. The van der Waals surface area contributed by atoms with E-state index < -0.39 is 11.6 Å². The highest BCUT2D eigenvalue weighted by Crippen LogP contribution is 2.29. The van der Waals surface area contributed by atoms with E-state index in [1.54, 1.807) is 6.20 Å². The van der Waals surface area contributed by atoms with Crippen LogP contribution in [0.1, 0.15) is 32.6 Å². The number of hydrogen-bond acceptors (Lipinski definition) is 3. The highest BCUT2D eigenvalue weighted by Gasteiger charge is 2.30. The second kappa shape index (κ2) is 6.61. The van der Waals surface area contributed by atoms with Crippen LogP contribution in [0.3, 0.4) is 0 Å². The van der Waals surface area contributed by atoms with Crippen molar-refractivity contribution in [1.82, 2.24) is 14.9 Å². The number of morpholine rings is 1. The number of ether oxygens (including phenoxy) is 1. The molecular weight excluding hydrogens is 312 g/mol. The average Bonchev–Trinajstić information content (AvgIpc) is 2.95. The van der Waals surface area contributed by atoms with E-state index in [2.05, 4.69) is 35.6 Å². The molecule has 6 heteroatoms. The fourth-order valence-corrected chi connectivity index (χ4v) is 3.04. The van der Waals surface area contributed by atoms with Gasteiger partial charge in [0, 0.05) is 24.7 Å². The van der Waals surface area contributed by atoms with E-state index in [4.69, 9.17) is 4.74 Å². The van der Waals surface area contributed by atoms with Gasteiger partial charge in [0.05, 0.1) is 31.1 Å². The second-order valence-electron chi connectivity index (χ2n) is 7.43. The van der Waals surface area contributed by atoms with Gasteiger partial charge in [-0.15, -0.1) is 0 Å². The smallest absolute Gasteiger partial charge is 0.135 e. The topological polar surface area (TPSA) is 41.1 Å². The summed E-state index contributed by atoms with van der Waals surface area (Å²) in [4.78, 5) is 9.94. The number of aromatic amines is 1. The maximum Gasteiger partial charge on any atom is 0.135 e. The van der Waals surface area contributed by atoms with E-state index in [1.165, 1.54) is 12.1 Å². The summed E-state index contributed by atoms with van der Waals surface area (Å²) in [6, 6.07) is 3.56. The van der Waals surface area contributed by atoms with Gasteiger partial charge in [-0.2, -0.15) is 0 Å². The van der Waals surface area contributed by atoms with E-state index in [-0.39, 0.29) is 11.5 Å². The van der Waals surface area contributed by atoms with Crippen molar-refractivity contribution in [2.75, 3.05) is 26.3 Å².